The lowest BCUT2D eigenvalue weighted by Crippen LogP contribution is -1.96. The summed E-state index contributed by atoms with van der Waals surface area (Å²) in [7, 11) is 0. The fourth-order valence-corrected chi connectivity index (χ4v) is 7.06. The smallest absolute Gasteiger partial charge is 0.160 e. The SMILES string of the molecule is c1ccc(-c2ccc3oc4cc(-c5cc(-c6nc(-c7ccccc7)cc(-c7ccccc7)n6)cc6oc7ccccc7c56)ccc4c3c2)cc1. The zero-order chi connectivity index (χ0) is 33.0. The van der Waals surface area contributed by atoms with Crippen LogP contribution in [0.5, 0.6) is 0 Å². The highest BCUT2D eigenvalue weighted by atomic mass is 16.3. The Kier molecular flexibility index (Phi) is 6.46. The minimum Gasteiger partial charge on any atom is -0.456 e. The molecule has 0 aliphatic carbocycles. The van der Waals surface area contributed by atoms with Gasteiger partial charge in [-0.3, -0.25) is 0 Å². The highest BCUT2D eigenvalue weighted by Gasteiger charge is 2.19. The van der Waals surface area contributed by atoms with Crippen molar-refractivity contribution in [2.75, 3.05) is 0 Å². The van der Waals surface area contributed by atoms with Gasteiger partial charge in [-0.15, -0.1) is 0 Å². The fourth-order valence-electron chi connectivity index (χ4n) is 7.06. The lowest BCUT2D eigenvalue weighted by molar-refractivity contribution is 0.668. The Labute approximate surface area is 287 Å². The topological polar surface area (TPSA) is 52.1 Å². The molecule has 0 amide bonds. The monoisotopic (exact) mass is 640 g/mol. The van der Waals surface area contributed by atoms with Gasteiger partial charge in [-0.1, -0.05) is 121 Å². The third-order valence-electron chi connectivity index (χ3n) is 9.49. The summed E-state index contributed by atoms with van der Waals surface area (Å²) in [6.45, 7) is 0. The molecular weight excluding hydrogens is 613 g/mol. The Bertz CT molecular complexity index is 2800. The molecule has 0 spiro atoms. The molecule has 0 unspecified atom stereocenters. The Morgan fingerprint density at radius 1 is 0.320 bits per heavy atom. The van der Waals surface area contributed by atoms with Gasteiger partial charge in [0, 0.05) is 38.2 Å². The second-order valence-corrected chi connectivity index (χ2v) is 12.6. The number of fused-ring (bicyclic) bond motifs is 6. The van der Waals surface area contributed by atoms with Crippen molar-refractivity contribution in [1.82, 2.24) is 9.97 Å². The van der Waals surface area contributed by atoms with E-state index in [1.54, 1.807) is 0 Å². The van der Waals surface area contributed by atoms with Gasteiger partial charge >= 0.3 is 0 Å². The van der Waals surface area contributed by atoms with E-state index in [2.05, 4.69) is 115 Å². The molecule has 3 heterocycles. The molecule has 4 nitrogen and oxygen atoms in total. The Morgan fingerprint density at radius 2 is 0.900 bits per heavy atom. The van der Waals surface area contributed by atoms with Crippen molar-refractivity contribution in [1.29, 1.82) is 0 Å². The third kappa shape index (κ3) is 4.77. The second kappa shape index (κ2) is 11.4. The highest BCUT2D eigenvalue weighted by Crippen LogP contribution is 2.42. The van der Waals surface area contributed by atoms with E-state index in [1.165, 1.54) is 5.56 Å². The first kappa shape index (κ1) is 28.3. The molecule has 0 aliphatic heterocycles. The van der Waals surface area contributed by atoms with Crippen LogP contribution < -0.4 is 0 Å². The molecule has 0 atom stereocenters. The summed E-state index contributed by atoms with van der Waals surface area (Å²) in [5.74, 6) is 0.632. The van der Waals surface area contributed by atoms with Crippen molar-refractivity contribution in [2.45, 2.75) is 0 Å². The van der Waals surface area contributed by atoms with Gasteiger partial charge in [-0.2, -0.15) is 0 Å². The standard InChI is InChI=1S/C46H28N2O2/c1-4-12-29(13-5-1)32-21-23-42-38(24-32)35-22-20-33(26-43(35)49-42)37-25-34(27-44-45(37)36-18-10-11-19-41(36)50-44)46-47-39(30-14-6-2-7-15-30)28-40(48-46)31-16-8-3-9-17-31/h1-28H. The number of nitrogens with zero attached hydrogens (tertiary/aromatic N) is 2. The highest BCUT2D eigenvalue weighted by molar-refractivity contribution is 6.15. The molecule has 10 rings (SSSR count). The third-order valence-corrected chi connectivity index (χ3v) is 9.49. The minimum absolute atomic E-state index is 0.632. The first-order chi connectivity index (χ1) is 24.7. The van der Waals surface area contributed by atoms with E-state index in [9.17, 15) is 0 Å². The summed E-state index contributed by atoms with van der Waals surface area (Å²) in [6.07, 6.45) is 0. The van der Waals surface area contributed by atoms with Crippen molar-refractivity contribution in [3.63, 3.8) is 0 Å². The van der Waals surface area contributed by atoms with E-state index in [1.807, 2.05) is 54.6 Å². The fraction of sp³-hybridized carbons (Fsp3) is 0. The molecule has 0 fully saturated rings. The van der Waals surface area contributed by atoms with E-state index in [0.29, 0.717) is 5.82 Å². The Morgan fingerprint density at radius 3 is 1.62 bits per heavy atom. The molecule has 4 heteroatoms. The van der Waals surface area contributed by atoms with Crippen molar-refractivity contribution >= 4 is 43.9 Å². The summed E-state index contributed by atoms with van der Waals surface area (Å²) in [5, 5.41) is 4.29. The zero-order valence-electron chi connectivity index (χ0n) is 26.9. The molecule has 7 aromatic carbocycles. The molecule has 0 radical (unpaired) electrons. The molecule has 50 heavy (non-hydrogen) atoms. The molecule has 10 aromatic rings. The molecule has 0 N–H and O–H groups in total. The predicted octanol–water partition coefficient (Wildman–Crippen LogP) is 12.6. The number of furan rings is 2. The van der Waals surface area contributed by atoms with Crippen molar-refractivity contribution in [3.05, 3.63) is 170 Å². The summed E-state index contributed by atoms with van der Waals surface area (Å²) < 4.78 is 13.0. The molecule has 0 saturated carbocycles. The summed E-state index contributed by atoms with van der Waals surface area (Å²) >= 11 is 0. The van der Waals surface area contributed by atoms with E-state index in [-0.39, 0.29) is 0 Å². The largest absolute Gasteiger partial charge is 0.456 e. The number of para-hydroxylation sites is 1. The van der Waals surface area contributed by atoms with E-state index in [4.69, 9.17) is 18.8 Å². The normalized spacial score (nSPS) is 11.6. The van der Waals surface area contributed by atoms with Crippen LogP contribution in [0.15, 0.2) is 179 Å². The molecule has 0 aliphatic rings. The maximum absolute atomic E-state index is 6.52. The van der Waals surface area contributed by atoms with Crippen LogP contribution in [0, 0.1) is 0 Å². The van der Waals surface area contributed by atoms with Crippen LogP contribution in [0.25, 0.3) is 100 Å². The number of hydrogen-bond donors (Lipinski definition) is 0. The number of benzene rings is 7. The van der Waals surface area contributed by atoms with Crippen LogP contribution in [-0.4, -0.2) is 9.97 Å². The van der Waals surface area contributed by atoms with Gasteiger partial charge in [-0.05, 0) is 70.8 Å². The average Bonchev–Trinajstić information content (AvgIpc) is 3.76. The van der Waals surface area contributed by atoms with Gasteiger partial charge in [0.2, 0.25) is 0 Å². The number of hydrogen-bond acceptors (Lipinski definition) is 4. The van der Waals surface area contributed by atoms with Crippen LogP contribution in [0.3, 0.4) is 0 Å². The van der Waals surface area contributed by atoms with Crippen LogP contribution in [0.4, 0.5) is 0 Å². The predicted molar refractivity (Wildman–Crippen MR) is 204 cm³/mol. The van der Waals surface area contributed by atoms with Crippen LogP contribution in [0.2, 0.25) is 0 Å². The van der Waals surface area contributed by atoms with E-state index < -0.39 is 0 Å². The zero-order valence-corrected chi connectivity index (χ0v) is 26.9. The maximum atomic E-state index is 6.52. The van der Waals surface area contributed by atoms with Crippen molar-refractivity contribution in [2.24, 2.45) is 0 Å². The Hall–Kier alpha value is -6.78. The first-order valence-electron chi connectivity index (χ1n) is 16.7. The average molecular weight is 641 g/mol. The summed E-state index contributed by atoms with van der Waals surface area (Å²) in [6, 6.07) is 58.4. The van der Waals surface area contributed by atoms with Gasteiger partial charge in [0.1, 0.15) is 22.3 Å². The van der Waals surface area contributed by atoms with Crippen LogP contribution >= 0.6 is 0 Å². The van der Waals surface area contributed by atoms with Gasteiger partial charge in [-0.25, -0.2) is 9.97 Å². The lowest BCUT2D eigenvalue weighted by atomic mass is 9.95. The van der Waals surface area contributed by atoms with E-state index in [0.717, 1.165) is 88.6 Å². The van der Waals surface area contributed by atoms with Gasteiger partial charge < -0.3 is 8.83 Å². The molecule has 234 valence electrons. The summed E-state index contributed by atoms with van der Waals surface area (Å²) in [5.41, 5.74) is 12.4. The van der Waals surface area contributed by atoms with Gasteiger partial charge in [0.15, 0.2) is 5.82 Å². The summed E-state index contributed by atoms with van der Waals surface area (Å²) in [4.78, 5) is 10.3. The molecule has 0 bridgehead atoms. The Balaban J connectivity index is 1.19. The van der Waals surface area contributed by atoms with E-state index >= 15 is 0 Å². The van der Waals surface area contributed by atoms with Crippen molar-refractivity contribution in [3.8, 4) is 56.2 Å². The molecule has 3 aromatic heterocycles. The maximum Gasteiger partial charge on any atom is 0.160 e. The number of rotatable bonds is 5. The van der Waals surface area contributed by atoms with Crippen molar-refractivity contribution < 1.29 is 8.83 Å². The van der Waals surface area contributed by atoms with Gasteiger partial charge in [0.05, 0.1) is 11.4 Å². The number of aromatic nitrogens is 2. The second-order valence-electron chi connectivity index (χ2n) is 12.6. The molecule has 0 saturated heterocycles. The van der Waals surface area contributed by atoms with Crippen LogP contribution in [0.1, 0.15) is 0 Å². The van der Waals surface area contributed by atoms with Gasteiger partial charge in [0.25, 0.3) is 0 Å². The lowest BCUT2D eigenvalue weighted by Gasteiger charge is -2.11. The quantitative estimate of drug-likeness (QED) is 0.188. The molecular formula is C46H28N2O2. The minimum atomic E-state index is 0.632. The first-order valence-corrected chi connectivity index (χ1v) is 16.7. The van der Waals surface area contributed by atoms with Crippen LogP contribution in [-0.2, 0) is 0 Å².